The molecule has 0 aliphatic carbocycles. The third-order valence-corrected chi connectivity index (χ3v) is 2.99. The maximum absolute atomic E-state index is 11.9. The Morgan fingerprint density at radius 1 is 1.18 bits per heavy atom. The minimum absolute atomic E-state index is 0.127. The molecule has 0 unspecified atom stereocenters. The Bertz CT molecular complexity index is 649. The summed E-state index contributed by atoms with van der Waals surface area (Å²) in [5.74, 6) is 0.366. The molecule has 0 spiro atoms. The number of aromatic amines is 1. The van der Waals surface area contributed by atoms with Gasteiger partial charge in [0.2, 0.25) is 5.91 Å². The van der Waals surface area contributed by atoms with Gasteiger partial charge in [-0.3, -0.25) is 14.7 Å². The number of amides is 2. The lowest BCUT2D eigenvalue weighted by atomic mass is 10.1. The molecule has 1 aromatic carbocycles. The Hall–Kier alpha value is -2.83. The molecule has 1 aromatic heterocycles. The van der Waals surface area contributed by atoms with Gasteiger partial charge in [-0.2, -0.15) is 5.10 Å². The second-order valence-corrected chi connectivity index (χ2v) is 4.63. The highest BCUT2D eigenvalue weighted by atomic mass is 16.5. The summed E-state index contributed by atoms with van der Waals surface area (Å²) in [6.45, 7) is 2.17. The van der Waals surface area contributed by atoms with Crippen LogP contribution < -0.4 is 15.4 Å². The normalized spacial score (nSPS) is 10.1. The monoisotopic (exact) mass is 302 g/mol. The van der Waals surface area contributed by atoms with Crippen molar-refractivity contribution in [2.75, 3.05) is 20.2 Å². The summed E-state index contributed by atoms with van der Waals surface area (Å²) in [6.07, 6.45) is 0. The van der Waals surface area contributed by atoms with Crippen LogP contribution in [0.25, 0.3) is 11.3 Å². The molecule has 0 saturated carbocycles. The molecule has 2 amide bonds. The van der Waals surface area contributed by atoms with Crippen LogP contribution in [0.15, 0.2) is 30.3 Å². The Morgan fingerprint density at radius 3 is 2.50 bits per heavy atom. The van der Waals surface area contributed by atoms with Crippen molar-refractivity contribution in [1.29, 1.82) is 0 Å². The third kappa shape index (κ3) is 4.08. The van der Waals surface area contributed by atoms with Crippen LogP contribution in [0.4, 0.5) is 0 Å². The number of methoxy groups -OCH3 is 1. The van der Waals surface area contributed by atoms with Crippen molar-refractivity contribution in [2.24, 2.45) is 0 Å². The summed E-state index contributed by atoms with van der Waals surface area (Å²) >= 11 is 0. The molecule has 2 rings (SSSR count). The predicted molar refractivity (Wildman–Crippen MR) is 81.6 cm³/mol. The Labute approximate surface area is 128 Å². The number of H-pyrrole nitrogens is 1. The lowest BCUT2D eigenvalue weighted by Crippen LogP contribution is -2.33. The van der Waals surface area contributed by atoms with E-state index in [0.717, 1.165) is 11.3 Å². The van der Waals surface area contributed by atoms with Gasteiger partial charge < -0.3 is 15.4 Å². The second kappa shape index (κ2) is 7.26. The number of aromatic nitrogens is 2. The smallest absolute Gasteiger partial charge is 0.269 e. The molecule has 0 aliphatic heterocycles. The molecular weight excluding hydrogens is 284 g/mol. The van der Waals surface area contributed by atoms with Crippen LogP contribution in [0, 0.1) is 0 Å². The molecule has 7 nitrogen and oxygen atoms in total. The van der Waals surface area contributed by atoms with Gasteiger partial charge in [0.15, 0.2) is 0 Å². The van der Waals surface area contributed by atoms with Crippen LogP contribution in [0.5, 0.6) is 5.75 Å². The zero-order chi connectivity index (χ0) is 15.9. The number of hydrogen-bond acceptors (Lipinski definition) is 4. The molecule has 0 fully saturated rings. The van der Waals surface area contributed by atoms with Crippen molar-refractivity contribution in [1.82, 2.24) is 20.8 Å². The van der Waals surface area contributed by atoms with E-state index in [0.29, 0.717) is 24.5 Å². The van der Waals surface area contributed by atoms with Gasteiger partial charge in [-0.25, -0.2) is 0 Å². The fraction of sp³-hybridized carbons (Fsp3) is 0.267. The van der Waals surface area contributed by atoms with Gasteiger partial charge in [-0.05, 0) is 30.3 Å². The van der Waals surface area contributed by atoms with E-state index in [4.69, 9.17) is 4.74 Å². The average molecular weight is 302 g/mol. The summed E-state index contributed by atoms with van der Waals surface area (Å²) in [5.41, 5.74) is 1.93. The van der Waals surface area contributed by atoms with Crippen molar-refractivity contribution in [3.63, 3.8) is 0 Å². The van der Waals surface area contributed by atoms with Gasteiger partial charge in [-0.15, -0.1) is 0 Å². The number of carbonyl (C=O) groups is 2. The molecule has 0 aliphatic rings. The number of carbonyl (C=O) groups excluding carboxylic acids is 2. The molecule has 7 heteroatoms. The maximum Gasteiger partial charge on any atom is 0.269 e. The van der Waals surface area contributed by atoms with Crippen LogP contribution >= 0.6 is 0 Å². The van der Waals surface area contributed by atoms with E-state index in [9.17, 15) is 9.59 Å². The van der Waals surface area contributed by atoms with Gasteiger partial charge in [0, 0.05) is 25.6 Å². The first-order valence-corrected chi connectivity index (χ1v) is 6.82. The molecule has 2 aromatic rings. The standard InChI is InChI=1S/C15H18N4O3/c1-10(20)16-7-8-17-15(21)14-9-13(18-19-14)11-3-5-12(22-2)6-4-11/h3-6,9H,7-8H2,1-2H3,(H,16,20)(H,17,21)(H,18,19). The summed E-state index contributed by atoms with van der Waals surface area (Å²) in [7, 11) is 1.60. The second-order valence-electron chi connectivity index (χ2n) is 4.63. The molecule has 3 N–H and O–H groups in total. The average Bonchev–Trinajstić information content (AvgIpc) is 3.01. The molecule has 1 heterocycles. The zero-order valence-corrected chi connectivity index (χ0v) is 12.5. The number of nitrogens with one attached hydrogen (secondary N) is 3. The highest BCUT2D eigenvalue weighted by Gasteiger charge is 2.10. The first-order chi connectivity index (χ1) is 10.6. The number of benzene rings is 1. The molecule has 0 saturated heterocycles. The number of hydrogen-bond donors (Lipinski definition) is 3. The van der Waals surface area contributed by atoms with Crippen LogP contribution in [-0.2, 0) is 4.79 Å². The van der Waals surface area contributed by atoms with E-state index in [2.05, 4.69) is 20.8 Å². The SMILES string of the molecule is COc1ccc(-c2cc(C(=O)NCCNC(C)=O)[nH]n2)cc1. The third-order valence-electron chi connectivity index (χ3n) is 2.99. The fourth-order valence-corrected chi connectivity index (χ4v) is 1.86. The van der Waals surface area contributed by atoms with Crippen LogP contribution in [0.2, 0.25) is 0 Å². The van der Waals surface area contributed by atoms with Crippen molar-refractivity contribution >= 4 is 11.8 Å². The van der Waals surface area contributed by atoms with Crippen molar-refractivity contribution in [3.8, 4) is 17.0 Å². The lowest BCUT2D eigenvalue weighted by molar-refractivity contribution is -0.118. The fourth-order valence-electron chi connectivity index (χ4n) is 1.86. The maximum atomic E-state index is 11.9. The molecular formula is C15H18N4O3. The molecule has 0 atom stereocenters. The van der Waals surface area contributed by atoms with Gasteiger partial charge in [0.1, 0.15) is 11.4 Å². The largest absolute Gasteiger partial charge is 0.497 e. The van der Waals surface area contributed by atoms with Crippen LogP contribution in [0.3, 0.4) is 0 Å². The topological polar surface area (TPSA) is 96.1 Å². The van der Waals surface area contributed by atoms with E-state index in [1.165, 1.54) is 6.92 Å². The lowest BCUT2D eigenvalue weighted by Gasteiger charge is -2.03. The summed E-state index contributed by atoms with van der Waals surface area (Å²) in [6, 6.07) is 9.07. The van der Waals surface area contributed by atoms with Crippen molar-refractivity contribution in [3.05, 3.63) is 36.0 Å². The first-order valence-electron chi connectivity index (χ1n) is 6.82. The first kappa shape index (κ1) is 15.6. The number of nitrogens with zero attached hydrogens (tertiary/aromatic N) is 1. The van der Waals surface area contributed by atoms with Crippen LogP contribution in [0.1, 0.15) is 17.4 Å². The number of ether oxygens (including phenoxy) is 1. The van der Waals surface area contributed by atoms with E-state index in [1.807, 2.05) is 24.3 Å². The summed E-state index contributed by atoms with van der Waals surface area (Å²) < 4.78 is 5.10. The Morgan fingerprint density at radius 2 is 1.86 bits per heavy atom. The molecule has 116 valence electrons. The highest BCUT2D eigenvalue weighted by molar-refractivity contribution is 5.93. The summed E-state index contributed by atoms with van der Waals surface area (Å²) in [4.78, 5) is 22.6. The van der Waals surface area contributed by atoms with E-state index in [1.54, 1.807) is 13.2 Å². The van der Waals surface area contributed by atoms with Gasteiger partial charge in [-0.1, -0.05) is 0 Å². The number of rotatable bonds is 6. The highest BCUT2D eigenvalue weighted by Crippen LogP contribution is 2.20. The van der Waals surface area contributed by atoms with Crippen LogP contribution in [-0.4, -0.2) is 42.2 Å². The van der Waals surface area contributed by atoms with Gasteiger partial charge in [0.25, 0.3) is 5.91 Å². The minimum atomic E-state index is -0.266. The van der Waals surface area contributed by atoms with Gasteiger partial charge in [0.05, 0.1) is 12.8 Å². The molecule has 0 bridgehead atoms. The quantitative estimate of drug-likeness (QED) is 0.692. The predicted octanol–water partition coefficient (Wildman–Crippen LogP) is 0.951. The zero-order valence-electron chi connectivity index (χ0n) is 12.5. The molecule has 22 heavy (non-hydrogen) atoms. The minimum Gasteiger partial charge on any atom is -0.497 e. The van der Waals surface area contributed by atoms with E-state index in [-0.39, 0.29) is 11.8 Å². The van der Waals surface area contributed by atoms with Gasteiger partial charge >= 0.3 is 0 Å². The molecule has 0 radical (unpaired) electrons. The van der Waals surface area contributed by atoms with Crippen molar-refractivity contribution in [2.45, 2.75) is 6.92 Å². The summed E-state index contributed by atoms with van der Waals surface area (Å²) in [5, 5.41) is 12.1. The Balaban J connectivity index is 1.95. The van der Waals surface area contributed by atoms with Crippen molar-refractivity contribution < 1.29 is 14.3 Å². The Kier molecular flexibility index (Phi) is 5.13. The van der Waals surface area contributed by atoms with E-state index < -0.39 is 0 Å². The van der Waals surface area contributed by atoms with E-state index >= 15 is 0 Å².